The van der Waals surface area contributed by atoms with E-state index >= 15 is 0 Å². The molecule has 0 atom stereocenters. The molecule has 3 nitrogen and oxygen atoms in total. The van der Waals surface area contributed by atoms with Gasteiger partial charge in [0.1, 0.15) is 5.75 Å². The number of rotatable bonds is 4. The van der Waals surface area contributed by atoms with Crippen LogP contribution in [0.25, 0.3) is 0 Å². The van der Waals surface area contributed by atoms with Gasteiger partial charge in [-0.05, 0) is 52.7 Å². The number of hydrogen-bond donors (Lipinski definition) is 2. The first kappa shape index (κ1) is 15.0. The molecule has 106 valence electrons. The van der Waals surface area contributed by atoms with Crippen molar-refractivity contribution in [3.05, 3.63) is 51.0 Å². The summed E-state index contributed by atoms with van der Waals surface area (Å²) in [5.41, 5.74) is 9.56. The topological polar surface area (TPSA) is 47.3 Å². The van der Waals surface area contributed by atoms with E-state index in [0.717, 1.165) is 32.7 Å². The highest BCUT2D eigenvalue weighted by Crippen LogP contribution is 2.31. The Kier molecular flexibility index (Phi) is 4.78. The van der Waals surface area contributed by atoms with Crippen molar-refractivity contribution < 1.29 is 4.74 Å². The van der Waals surface area contributed by atoms with Crippen molar-refractivity contribution in [2.24, 2.45) is 0 Å². The molecule has 0 amide bonds. The Morgan fingerprint density at radius 3 is 2.80 bits per heavy atom. The zero-order chi connectivity index (χ0) is 14.7. The van der Waals surface area contributed by atoms with Gasteiger partial charge in [0.05, 0.1) is 7.11 Å². The van der Waals surface area contributed by atoms with E-state index in [-0.39, 0.29) is 0 Å². The van der Waals surface area contributed by atoms with Crippen LogP contribution >= 0.6 is 27.5 Å². The van der Waals surface area contributed by atoms with Crippen molar-refractivity contribution in [2.75, 3.05) is 18.2 Å². The minimum Gasteiger partial charge on any atom is -0.496 e. The number of ether oxygens (including phenoxy) is 1. The summed E-state index contributed by atoms with van der Waals surface area (Å²) in [6, 6.07) is 9.51. The molecular formula is C15H16BrClN2O. The first-order valence-electron chi connectivity index (χ1n) is 6.13. The number of halogens is 2. The minimum absolute atomic E-state index is 0.574. The van der Waals surface area contributed by atoms with Crippen molar-refractivity contribution in [2.45, 2.75) is 13.5 Å². The van der Waals surface area contributed by atoms with Crippen LogP contribution in [0.4, 0.5) is 11.4 Å². The fourth-order valence-electron chi connectivity index (χ4n) is 1.92. The molecule has 0 radical (unpaired) electrons. The second-order valence-corrected chi connectivity index (χ2v) is 5.72. The van der Waals surface area contributed by atoms with E-state index in [9.17, 15) is 0 Å². The zero-order valence-corrected chi connectivity index (χ0v) is 13.7. The summed E-state index contributed by atoms with van der Waals surface area (Å²) in [6.07, 6.45) is 0. The molecule has 2 aromatic carbocycles. The third kappa shape index (κ3) is 3.19. The summed E-state index contributed by atoms with van der Waals surface area (Å²) < 4.78 is 6.25. The third-order valence-electron chi connectivity index (χ3n) is 3.11. The molecule has 5 heteroatoms. The third-order valence-corrected chi connectivity index (χ3v) is 4.12. The highest BCUT2D eigenvalue weighted by Gasteiger charge is 2.09. The Bertz CT molecular complexity index is 632. The molecule has 0 bridgehead atoms. The van der Waals surface area contributed by atoms with Crippen molar-refractivity contribution in [1.29, 1.82) is 0 Å². The van der Waals surface area contributed by atoms with E-state index in [2.05, 4.69) is 21.2 Å². The van der Waals surface area contributed by atoms with E-state index in [0.29, 0.717) is 11.6 Å². The van der Waals surface area contributed by atoms with Crippen molar-refractivity contribution in [1.82, 2.24) is 0 Å². The van der Waals surface area contributed by atoms with Crippen molar-refractivity contribution >= 4 is 38.9 Å². The summed E-state index contributed by atoms with van der Waals surface area (Å²) >= 11 is 9.72. The van der Waals surface area contributed by atoms with Gasteiger partial charge in [-0.1, -0.05) is 17.7 Å². The van der Waals surface area contributed by atoms with Gasteiger partial charge in [0.15, 0.2) is 0 Å². The normalized spacial score (nSPS) is 10.4. The molecule has 0 aromatic heterocycles. The van der Waals surface area contributed by atoms with E-state index in [1.807, 2.05) is 37.3 Å². The molecule has 0 aliphatic rings. The Labute approximate surface area is 132 Å². The Morgan fingerprint density at radius 1 is 1.35 bits per heavy atom. The molecule has 0 heterocycles. The predicted molar refractivity (Wildman–Crippen MR) is 88.6 cm³/mol. The SMILES string of the molecule is COc1cccc(Cl)c1CNc1cc(C)c(N)cc1Br. The van der Waals surface area contributed by atoms with Gasteiger partial charge in [-0.25, -0.2) is 0 Å². The van der Waals surface area contributed by atoms with Crippen LogP contribution in [0.15, 0.2) is 34.8 Å². The van der Waals surface area contributed by atoms with E-state index in [4.69, 9.17) is 22.1 Å². The molecule has 0 saturated heterocycles. The molecular weight excluding hydrogens is 340 g/mol. The Hall–Kier alpha value is -1.39. The Morgan fingerprint density at radius 2 is 2.10 bits per heavy atom. The first-order valence-corrected chi connectivity index (χ1v) is 7.31. The van der Waals surface area contributed by atoms with Crippen LogP contribution in [-0.4, -0.2) is 7.11 Å². The molecule has 0 fully saturated rings. The van der Waals surface area contributed by atoms with Crippen molar-refractivity contribution in [3.8, 4) is 5.75 Å². The van der Waals surface area contributed by atoms with Crippen LogP contribution in [0, 0.1) is 6.92 Å². The molecule has 0 spiro atoms. The molecule has 0 aliphatic carbocycles. The number of nitrogen functional groups attached to an aromatic ring is 1. The molecule has 20 heavy (non-hydrogen) atoms. The Balaban J connectivity index is 2.23. The molecule has 0 aliphatic heterocycles. The van der Waals surface area contributed by atoms with Crippen LogP contribution < -0.4 is 15.8 Å². The fourth-order valence-corrected chi connectivity index (χ4v) is 2.65. The smallest absolute Gasteiger partial charge is 0.125 e. The number of anilines is 2. The minimum atomic E-state index is 0.574. The largest absolute Gasteiger partial charge is 0.496 e. The van der Waals surface area contributed by atoms with Gasteiger partial charge < -0.3 is 15.8 Å². The lowest BCUT2D eigenvalue weighted by atomic mass is 10.1. The van der Waals surface area contributed by atoms with Crippen LogP contribution in [0.1, 0.15) is 11.1 Å². The summed E-state index contributed by atoms with van der Waals surface area (Å²) in [5, 5.41) is 4.03. The fraction of sp³-hybridized carbons (Fsp3) is 0.200. The molecule has 3 N–H and O–H groups in total. The highest BCUT2D eigenvalue weighted by molar-refractivity contribution is 9.10. The van der Waals surface area contributed by atoms with Crippen LogP contribution in [0.2, 0.25) is 5.02 Å². The standard InChI is InChI=1S/C15H16BrClN2O/c1-9-6-14(11(16)7-13(9)18)19-8-10-12(17)4-3-5-15(10)20-2/h3-7,19H,8,18H2,1-2H3. The summed E-state index contributed by atoms with van der Waals surface area (Å²) in [6.45, 7) is 2.55. The number of nitrogens with two attached hydrogens (primary N) is 1. The van der Waals surface area contributed by atoms with Gasteiger partial charge in [0, 0.05) is 33.0 Å². The predicted octanol–water partition coefficient (Wildman–Crippen LogP) is 4.61. The van der Waals surface area contributed by atoms with Crippen LogP contribution in [0.5, 0.6) is 5.75 Å². The van der Waals surface area contributed by atoms with Gasteiger partial charge in [-0.3, -0.25) is 0 Å². The lowest BCUT2D eigenvalue weighted by molar-refractivity contribution is 0.410. The van der Waals surface area contributed by atoms with E-state index < -0.39 is 0 Å². The number of hydrogen-bond acceptors (Lipinski definition) is 3. The van der Waals surface area contributed by atoms with E-state index in [1.54, 1.807) is 7.11 Å². The zero-order valence-electron chi connectivity index (χ0n) is 11.3. The highest BCUT2D eigenvalue weighted by atomic mass is 79.9. The van der Waals surface area contributed by atoms with Gasteiger partial charge in [0.25, 0.3) is 0 Å². The van der Waals surface area contributed by atoms with Gasteiger partial charge in [0.2, 0.25) is 0 Å². The average Bonchev–Trinajstić information content (AvgIpc) is 2.42. The lowest BCUT2D eigenvalue weighted by Gasteiger charge is -2.14. The number of methoxy groups -OCH3 is 1. The van der Waals surface area contributed by atoms with Crippen LogP contribution in [0.3, 0.4) is 0 Å². The second kappa shape index (κ2) is 6.37. The second-order valence-electron chi connectivity index (χ2n) is 4.46. The monoisotopic (exact) mass is 354 g/mol. The maximum Gasteiger partial charge on any atom is 0.125 e. The summed E-state index contributed by atoms with van der Waals surface area (Å²) in [4.78, 5) is 0. The van der Waals surface area contributed by atoms with Crippen molar-refractivity contribution in [3.63, 3.8) is 0 Å². The average molecular weight is 356 g/mol. The maximum absolute atomic E-state index is 6.22. The molecule has 2 aromatic rings. The number of aryl methyl sites for hydroxylation is 1. The van der Waals surface area contributed by atoms with E-state index in [1.165, 1.54) is 0 Å². The molecule has 0 saturated carbocycles. The maximum atomic E-state index is 6.22. The molecule has 2 rings (SSSR count). The van der Waals surface area contributed by atoms with Crippen LogP contribution in [-0.2, 0) is 6.54 Å². The molecule has 0 unspecified atom stereocenters. The number of nitrogens with one attached hydrogen (secondary N) is 1. The number of benzene rings is 2. The summed E-state index contributed by atoms with van der Waals surface area (Å²) in [7, 11) is 1.64. The summed E-state index contributed by atoms with van der Waals surface area (Å²) in [5.74, 6) is 0.772. The first-order chi connectivity index (χ1) is 9.52. The van der Waals surface area contributed by atoms with Gasteiger partial charge in [-0.15, -0.1) is 0 Å². The quantitative estimate of drug-likeness (QED) is 0.787. The lowest BCUT2D eigenvalue weighted by Crippen LogP contribution is -2.04. The van der Waals surface area contributed by atoms with Gasteiger partial charge in [-0.2, -0.15) is 0 Å². The van der Waals surface area contributed by atoms with Gasteiger partial charge >= 0.3 is 0 Å².